The smallest absolute Gasteiger partial charge is 0.303 e. The minimum atomic E-state index is -1.30. The van der Waals surface area contributed by atoms with Gasteiger partial charge in [0.25, 0.3) is 0 Å². The van der Waals surface area contributed by atoms with Crippen LogP contribution in [0.2, 0.25) is 0 Å². The fourth-order valence-corrected chi connectivity index (χ4v) is 3.08. The van der Waals surface area contributed by atoms with Gasteiger partial charge in [-0.1, -0.05) is 12.1 Å². The maximum Gasteiger partial charge on any atom is 0.303 e. The molecule has 0 aromatic heterocycles. The van der Waals surface area contributed by atoms with Crippen molar-refractivity contribution in [3.63, 3.8) is 0 Å². The van der Waals surface area contributed by atoms with Crippen molar-refractivity contribution in [2.45, 2.75) is 58.3 Å². The van der Waals surface area contributed by atoms with Crippen LogP contribution in [-0.2, 0) is 42.9 Å². The van der Waals surface area contributed by atoms with Crippen molar-refractivity contribution in [3.05, 3.63) is 29.8 Å². The highest BCUT2D eigenvalue weighted by molar-refractivity contribution is 5.83. The molecule has 0 aliphatic carbocycles. The summed E-state index contributed by atoms with van der Waals surface area (Å²) in [5, 5.41) is 9.96. The van der Waals surface area contributed by atoms with E-state index < -0.39 is 54.5 Å². The van der Waals surface area contributed by atoms with E-state index in [1.807, 2.05) is 0 Å². The summed E-state index contributed by atoms with van der Waals surface area (Å²) in [5.41, 5.74) is 0.348. The standard InChI is InChI=1S/C21H25NO10/c1-11(23)28-10-17-18(29-12(2)24)19(30-13(3)25)20(31-14(4)26)21(32-17)22-9-15-7-5-6-8-16(15)27/h5-9,17-21,27H,10H2,1-4H3/t17-,18-,19+,20+,21-/m1/s1. The minimum absolute atomic E-state index is 0.0538. The van der Waals surface area contributed by atoms with Crippen molar-refractivity contribution >= 4 is 30.1 Å². The number of hydrogen-bond donors (Lipinski definition) is 1. The molecule has 1 aliphatic rings. The summed E-state index contributed by atoms with van der Waals surface area (Å²) in [6.07, 6.45) is -4.90. The number of carbonyl (C=O) groups excluding carboxylic acids is 4. The monoisotopic (exact) mass is 451 g/mol. The predicted molar refractivity (Wildman–Crippen MR) is 108 cm³/mol. The lowest BCUT2D eigenvalue weighted by Crippen LogP contribution is -2.62. The fourth-order valence-electron chi connectivity index (χ4n) is 3.08. The number of phenols is 1. The largest absolute Gasteiger partial charge is 0.507 e. The summed E-state index contributed by atoms with van der Waals surface area (Å²) in [4.78, 5) is 50.8. The maximum atomic E-state index is 11.8. The number of ether oxygens (including phenoxy) is 5. The molecule has 2 rings (SSSR count). The zero-order valence-corrected chi connectivity index (χ0v) is 18.0. The summed E-state index contributed by atoms with van der Waals surface area (Å²) in [6, 6.07) is 6.34. The van der Waals surface area contributed by atoms with E-state index in [9.17, 15) is 24.3 Å². The van der Waals surface area contributed by atoms with Crippen LogP contribution in [-0.4, -0.2) is 72.4 Å². The summed E-state index contributed by atoms with van der Waals surface area (Å²) in [7, 11) is 0. The van der Waals surface area contributed by atoms with Crippen molar-refractivity contribution in [1.29, 1.82) is 0 Å². The van der Waals surface area contributed by atoms with Gasteiger partial charge in [-0.15, -0.1) is 0 Å². The number of esters is 4. The van der Waals surface area contributed by atoms with Crippen molar-refractivity contribution in [2.75, 3.05) is 6.61 Å². The Morgan fingerprint density at radius 2 is 1.47 bits per heavy atom. The third-order valence-electron chi connectivity index (χ3n) is 4.26. The lowest BCUT2D eigenvalue weighted by Gasteiger charge is -2.43. The Kier molecular flexibility index (Phi) is 8.71. The molecule has 0 radical (unpaired) electrons. The molecule has 5 atom stereocenters. The van der Waals surface area contributed by atoms with Gasteiger partial charge in [0.15, 0.2) is 24.5 Å². The normalized spacial score (nSPS) is 25.1. The van der Waals surface area contributed by atoms with Gasteiger partial charge in [-0.05, 0) is 12.1 Å². The van der Waals surface area contributed by atoms with Crippen LogP contribution in [0.3, 0.4) is 0 Å². The Morgan fingerprint density at radius 1 is 0.906 bits per heavy atom. The third kappa shape index (κ3) is 7.05. The number of para-hydroxylation sites is 1. The Hall–Kier alpha value is -3.47. The highest BCUT2D eigenvalue weighted by Gasteiger charge is 2.52. The number of benzene rings is 1. The molecule has 1 aliphatic heterocycles. The van der Waals surface area contributed by atoms with Crippen LogP contribution in [0.15, 0.2) is 29.3 Å². The summed E-state index contributed by atoms with van der Waals surface area (Å²) in [5.74, 6) is -2.85. The number of nitrogens with zero attached hydrogens (tertiary/aromatic N) is 1. The van der Waals surface area contributed by atoms with Crippen LogP contribution in [0.4, 0.5) is 0 Å². The number of phenolic OH excluding ortho intramolecular Hbond substituents is 1. The first-order valence-corrected chi connectivity index (χ1v) is 9.70. The van der Waals surface area contributed by atoms with Gasteiger partial charge in [0.05, 0.1) is 0 Å². The molecule has 174 valence electrons. The van der Waals surface area contributed by atoms with Crippen molar-refractivity contribution < 1.29 is 48.0 Å². The average Bonchev–Trinajstić information content (AvgIpc) is 2.68. The van der Waals surface area contributed by atoms with Gasteiger partial charge in [0.1, 0.15) is 18.5 Å². The Balaban J connectivity index is 2.47. The van der Waals surface area contributed by atoms with Crippen LogP contribution in [0.25, 0.3) is 0 Å². The Bertz CT molecular complexity index is 883. The first-order chi connectivity index (χ1) is 15.1. The second-order valence-electron chi connectivity index (χ2n) is 6.93. The molecule has 0 bridgehead atoms. The van der Waals surface area contributed by atoms with Crippen molar-refractivity contribution in [3.8, 4) is 5.75 Å². The van der Waals surface area contributed by atoms with E-state index in [1.165, 1.54) is 19.2 Å². The average molecular weight is 451 g/mol. The number of aromatic hydroxyl groups is 1. The van der Waals surface area contributed by atoms with E-state index in [1.54, 1.807) is 18.2 Å². The number of aliphatic imine (C=N–C) groups is 1. The SMILES string of the molecule is CC(=O)OC[C@H]1O[C@@H](N=Cc2ccccc2O)[C@@H](OC(C)=O)[C@@H](OC(C)=O)[C@@H]1OC(C)=O. The molecule has 32 heavy (non-hydrogen) atoms. The van der Waals surface area contributed by atoms with Gasteiger partial charge < -0.3 is 28.8 Å². The zero-order valence-electron chi connectivity index (χ0n) is 18.0. The molecular weight excluding hydrogens is 426 g/mol. The van der Waals surface area contributed by atoms with E-state index in [-0.39, 0.29) is 12.4 Å². The molecule has 1 aromatic carbocycles. The molecule has 11 heteroatoms. The maximum absolute atomic E-state index is 11.8. The first kappa shape index (κ1) is 24.8. The molecule has 0 amide bonds. The molecule has 11 nitrogen and oxygen atoms in total. The van der Waals surface area contributed by atoms with Crippen LogP contribution >= 0.6 is 0 Å². The Labute approximate surface area is 184 Å². The van der Waals surface area contributed by atoms with Gasteiger partial charge >= 0.3 is 23.9 Å². The lowest BCUT2D eigenvalue weighted by molar-refractivity contribution is -0.250. The van der Waals surface area contributed by atoms with Gasteiger partial charge in [-0.3, -0.25) is 24.2 Å². The van der Waals surface area contributed by atoms with E-state index in [4.69, 9.17) is 23.7 Å². The summed E-state index contributed by atoms with van der Waals surface area (Å²) >= 11 is 0. The second kappa shape index (κ2) is 11.2. The number of carbonyl (C=O) groups is 4. The lowest BCUT2D eigenvalue weighted by atomic mass is 9.97. The molecule has 0 saturated carbocycles. The topological polar surface area (TPSA) is 147 Å². The van der Waals surface area contributed by atoms with Crippen LogP contribution < -0.4 is 0 Å². The molecule has 1 fully saturated rings. The zero-order chi connectivity index (χ0) is 23.8. The second-order valence-corrected chi connectivity index (χ2v) is 6.93. The van der Waals surface area contributed by atoms with Gasteiger partial charge in [0, 0.05) is 39.5 Å². The van der Waals surface area contributed by atoms with Crippen molar-refractivity contribution in [2.24, 2.45) is 4.99 Å². The van der Waals surface area contributed by atoms with Crippen molar-refractivity contribution in [1.82, 2.24) is 0 Å². The molecule has 1 aromatic rings. The minimum Gasteiger partial charge on any atom is -0.507 e. The molecule has 0 spiro atoms. The van der Waals surface area contributed by atoms with Crippen LogP contribution in [0.1, 0.15) is 33.3 Å². The predicted octanol–water partition coefficient (Wildman–Crippen LogP) is 0.894. The van der Waals surface area contributed by atoms with E-state index >= 15 is 0 Å². The van der Waals surface area contributed by atoms with Crippen LogP contribution in [0, 0.1) is 0 Å². The first-order valence-electron chi connectivity index (χ1n) is 9.70. The van der Waals surface area contributed by atoms with Gasteiger partial charge in [-0.2, -0.15) is 0 Å². The summed E-state index contributed by atoms with van der Waals surface area (Å²) < 4.78 is 26.7. The Morgan fingerprint density at radius 3 is 2.03 bits per heavy atom. The van der Waals surface area contributed by atoms with Gasteiger partial charge in [0.2, 0.25) is 0 Å². The highest BCUT2D eigenvalue weighted by Crippen LogP contribution is 2.30. The number of hydrogen-bond acceptors (Lipinski definition) is 11. The fraction of sp³-hybridized carbons (Fsp3) is 0.476. The molecular formula is C21H25NO10. The molecule has 1 saturated heterocycles. The van der Waals surface area contributed by atoms with E-state index in [0.29, 0.717) is 5.56 Å². The number of rotatable bonds is 7. The van der Waals surface area contributed by atoms with E-state index in [0.717, 1.165) is 20.8 Å². The van der Waals surface area contributed by atoms with Gasteiger partial charge in [-0.25, -0.2) is 0 Å². The molecule has 1 N–H and O–H groups in total. The summed E-state index contributed by atoms with van der Waals surface area (Å²) in [6.45, 7) is 4.24. The van der Waals surface area contributed by atoms with Crippen LogP contribution in [0.5, 0.6) is 5.75 Å². The highest BCUT2D eigenvalue weighted by atomic mass is 16.7. The quantitative estimate of drug-likeness (QED) is 0.360. The molecule has 1 heterocycles. The third-order valence-corrected chi connectivity index (χ3v) is 4.26. The molecule has 0 unspecified atom stereocenters. The van der Waals surface area contributed by atoms with E-state index in [2.05, 4.69) is 4.99 Å².